The third-order valence-electron chi connectivity index (χ3n) is 5.71. The number of carbonyl (C=O) groups excluding carboxylic acids is 2. The van der Waals surface area contributed by atoms with Crippen LogP contribution in [0.2, 0.25) is 0 Å². The van der Waals surface area contributed by atoms with E-state index < -0.39 is 21.9 Å². The number of hydrogen-bond donors (Lipinski definition) is 1. The van der Waals surface area contributed by atoms with E-state index in [9.17, 15) is 18.0 Å². The number of sulfonamides is 1. The van der Waals surface area contributed by atoms with Gasteiger partial charge in [-0.05, 0) is 37.1 Å². The minimum Gasteiger partial charge on any atom is -0.497 e. The van der Waals surface area contributed by atoms with Gasteiger partial charge < -0.3 is 24.3 Å². The quantitative estimate of drug-likeness (QED) is 0.558. The number of methoxy groups -OCH3 is 4. The van der Waals surface area contributed by atoms with Crippen molar-refractivity contribution in [1.29, 1.82) is 0 Å². The molecule has 0 spiro atoms. The predicted octanol–water partition coefficient (Wildman–Crippen LogP) is 2.54. The molecule has 0 aromatic heterocycles. The number of nitrogens with one attached hydrogen (secondary N) is 1. The van der Waals surface area contributed by atoms with Gasteiger partial charge in [0.25, 0.3) is 0 Å². The molecule has 1 aliphatic heterocycles. The number of amides is 1. The molecule has 2 aromatic carbocycles. The first kappa shape index (κ1) is 25.3. The van der Waals surface area contributed by atoms with Crippen molar-refractivity contribution in [3.05, 3.63) is 42.0 Å². The highest BCUT2D eigenvalue weighted by molar-refractivity contribution is 7.89. The van der Waals surface area contributed by atoms with Crippen LogP contribution in [0.4, 0.5) is 5.69 Å². The van der Waals surface area contributed by atoms with Crippen molar-refractivity contribution in [1.82, 2.24) is 4.31 Å². The van der Waals surface area contributed by atoms with Gasteiger partial charge in [0.1, 0.15) is 5.75 Å². The average Bonchev–Trinajstić information content (AvgIpc) is 2.87. The van der Waals surface area contributed by atoms with Gasteiger partial charge in [-0.1, -0.05) is 0 Å². The van der Waals surface area contributed by atoms with Crippen molar-refractivity contribution in [2.24, 2.45) is 5.92 Å². The molecule has 1 amide bonds. The summed E-state index contributed by atoms with van der Waals surface area (Å²) in [4.78, 5) is 25.4. The summed E-state index contributed by atoms with van der Waals surface area (Å²) in [6.07, 6.45) is 0.671. The fourth-order valence-electron chi connectivity index (χ4n) is 3.75. The van der Waals surface area contributed by atoms with E-state index in [-0.39, 0.29) is 35.1 Å². The molecule has 0 aliphatic carbocycles. The van der Waals surface area contributed by atoms with Crippen LogP contribution in [0.15, 0.2) is 41.3 Å². The number of ether oxygens (including phenoxy) is 4. The minimum absolute atomic E-state index is 0.119. The summed E-state index contributed by atoms with van der Waals surface area (Å²) in [5.74, 6) is -0.170. The van der Waals surface area contributed by atoms with Gasteiger partial charge in [0.15, 0.2) is 11.5 Å². The second kappa shape index (κ2) is 10.7. The van der Waals surface area contributed by atoms with Crippen LogP contribution in [-0.4, -0.2) is 66.1 Å². The van der Waals surface area contributed by atoms with Crippen LogP contribution in [0, 0.1) is 5.92 Å². The highest BCUT2D eigenvalue weighted by Crippen LogP contribution is 2.34. The molecule has 0 bridgehead atoms. The van der Waals surface area contributed by atoms with Gasteiger partial charge >= 0.3 is 5.97 Å². The highest BCUT2D eigenvalue weighted by Gasteiger charge is 2.32. The summed E-state index contributed by atoms with van der Waals surface area (Å²) in [5, 5.41) is 2.76. The maximum atomic E-state index is 13.0. The Labute approximate surface area is 198 Å². The molecule has 11 heteroatoms. The van der Waals surface area contributed by atoms with Crippen LogP contribution in [0.1, 0.15) is 23.2 Å². The number of hydrogen-bond acceptors (Lipinski definition) is 8. The molecule has 0 saturated carbocycles. The molecular weight excluding hydrogens is 464 g/mol. The first-order chi connectivity index (χ1) is 16.2. The lowest BCUT2D eigenvalue weighted by Gasteiger charge is -2.30. The zero-order valence-corrected chi connectivity index (χ0v) is 20.3. The largest absolute Gasteiger partial charge is 0.497 e. The lowest BCUT2D eigenvalue weighted by Crippen LogP contribution is -2.41. The number of nitrogens with zero attached hydrogens (tertiary/aromatic N) is 1. The van der Waals surface area contributed by atoms with E-state index in [2.05, 4.69) is 5.32 Å². The van der Waals surface area contributed by atoms with Gasteiger partial charge in [-0.15, -0.1) is 0 Å². The van der Waals surface area contributed by atoms with E-state index >= 15 is 0 Å². The van der Waals surface area contributed by atoms with Crippen LogP contribution in [0.3, 0.4) is 0 Å². The number of esters is 1. The van der Waals surface area contributed by atoms with Gasteiger partial charge in [-0.3, -0.25) is 4.79 Å². The Morgan fingerprint density at radius 2 is 1.50 bits per heavy atom. The summed E-state index contributed by atoms with van der Waals surface area (Å²) >= 11 is 0. The van der Waals surface area contributed by atoms with E-state index in [1.54, 1.807) is 12.1 Å². The summed E-state index contributed by atoms with van der Waals surface area (Å²) in [6.45, 7) is 0.393. The summed E-state index contributed by atoms with van der Waals surface area (Å²) in [6, 6.07) is 9.11. The van der Waals surface area contributed by atoms with Gasteiger partial charge in [-0.25, -0.2) is 13.2 Å². The zero-order chi connectivity index (χ0) is 24.9. The molecule has 10 nitrogen and oxygen atoms in total. The van der Waals surface area contributed by atoms with E-state index in [0.29, 0.717) is 30.1 Å². The smallest absolute Gasteiger partial charge is 0.340 e. The van der Waals surface area contributed by atoms with E-state index in [1.807, 2.05) is 0 Å². The van der Waals surface area contributed by atoms with Crippen molar-refractivity contribution in [3.63, 3.8) is 0 Å². The molecule has 1 fully saturated rings. The molecule has 1 N–H and O–H groups in total. The lowest BCUT2D eigenvalue weighted by molar-refractivity contribution is -0.120. The van der Waals surface area contributed by atoms with E-state index in [1.165, 1.54) is 57.0 Å². The molecule has 1 heterocycles. The normalized spacial score (nSPS) is 14.8. The SMILES string of the molecule is COC(=O)c1cc(OC)c(OC)cc1NC(=O)C1CCN(S(=O)(=O)c2ccc(OC)cc2)CC1. The lowest BCUT2D eigenvalue weighted by atomic mass is 9.97. The maximum Gasteiger partial charge on any atom is 0.340 e. The Kier molecular flexibility index (Phi) is 8.00. The Hall–Kier alpha value is -3.31. The molecule has 1 aliphatic rings. The van der Waals surface area contributed by atoms with Crippen LogP contribution in [0.25, 0.3) is 0 Å². The summed E-state index contributed by atoms with van der Waals surface area (Å²) in [5.41, 5.74) is 0.343. The molecular formula is C23H28N2O8S. The van der Waals surface area contributed by atoms with Crippen molar-refractivity contribution >= 4 is 27.6 Å². The van der Waals surface area contributed by atoms with Gasteiger partial charge in [-0.2, -0.15) is 4.31 Å². The standard InChI is InChI=1S/C23H28N2O8S/c1-30-16-5-7-17(8-6-16)34(28,29)25-11-9-15(10-12-25)22(26)24-19-14-21(32-3)20(31-2)13-18(19)23(27)33-4/h5-8,13-15H,9-12H2,1-4H3,(H,24,26). The first-order valence-electron chi connectivity index (χ1n) is 10.5. The molecule has 1 saturated heterocycles. The maximum absolute atomic E-state index is 13.0. The summed E-state index contributed by atoms with van der Waals surface area (Å²) < 4.78 is 47.7. The van der Waals surface area contributed by atoms with Gasteiger partial charge in [0, 0.05) is 31.1 Å². The molecule has 3 rings (SSSR count). The first-order valence-corrected chi connectivity index (χ1v) is 12.0. The highest BCUT2D eigenvalue weighted by atomic mass is 32.2. The average molecular weight is 493 g/mol. The number of rotatable bonds is 8. The Balaban J connectivity index is 1.71. The molecule has 184 valence electrons. The van der Waals surface area contributed by atoms with Gasteiger partial charge in [0.05, 0.1) is 44.6 Å². The third kappa shape index (κ3) is 5.26. The fourth-order valence-corrected chi connectivity index (χ4v) is 5.22. The van der Waals surface area contributed by atoms with Crippen molar-refractivity contribution in [2.75, 3.05) is 46.8 Å². The Morgan fingerprint density at radius 1 is 0.912 bits per heavy atom. The molecule has 0 unspecified atom stereocenters. The van der Waals surface area contributed by atoms with E-state index in [4.69, 9.17) is 18.9 Å². The summed E-state index contributed by atoms with van der Waals surface area (Å²) in [7, 11) is 1.95. The van der Waals surface area contributed by atoms with Crippen molar-refractivity contribution in [2.45, 2.75) is 17.7 Å². The molecule has 0 radical (unpaired) electrons. The number of piperidine rings is 1. The zero-order valence-electron chi connectivity index (χ0n) is 19.5. The van der Waals surface area contributed by atoms with Crippen LogP contribution in [-0.2, 0) is 19.6 Å². The monoisotopic (exact) mass is 492 g/mol. The van der Waals surface area contributed by atoms with Crippen LogP contribution in [0.5, 0.6) is 17.2 Å². The number of benzene rings is 2. The molecule has 2 aromatic rings. The van der Waals surface area contributed by atoms with E-state index in [0.717, 1.165) is 0 Å². The number of anilines is 1. The van der Waals surface area contributed by atoms with Crippen molar-refractivity contribution in [3.8, 4) is 17.2 Å². The Morgan fingerprint density at radius 3 is 2.03 bits per heavy atom. The predicted molar refractivity (Wildman–Crippen MR) is 124 cm³/mol. The second-order valence-electron chi connectivity index (χ2n) is 7.59. The topological polar surface area (TPSA) is 120 Å². The molecule has 34 heavy (non-hydrogen) atoms. The van der Waals surface area contributed by atoms with Crippen LogP contribution < -0.4 is 19.5 Å². The van der Waals surface area contributed by atoms with Crippen molar-refractivity contribution < 1.29 is 37.0 Å². The Bertz CT molecular complexity index is 1140. The minimum atomic E-state index is -3.68. The van der Waals surface area contributed by atoms with Gasteiger partial charge in [0.2, 0.25) is 15.9 Å². The third-order valence-corrected chi connectivity index (χ3v) is 7.62. The molecule has 0 atom stereocenters. The fraction of sp³-hybridized carbons (Fsp3) is 0.391. The number of carbonyl (C=O) groups is 2. The second-order valence-corrected chi connectivity index (χ2v) is 9.53. The van der Waals surface area contributed by atoms with Crippen LogP contribution >= 0.6 is 0 Å².